The zero-order valence-electron chi connectivity index (χ0n) is 14.1. The molecule has 0 bridgehead atoms. The van der Waals surface area contributed by atoms with Crippen molar-refractivity contribution in [2.75, 3.05) is 11.9 Å². The van der Waals surface area contributed by atoms with Gasteiger partial charge in [-0.15, -0.1) is 0 Å². The van der Waals surface area contributed by atoms with Crippen molar-refractivity contribution in [3.8, 4) is 0 Å². The first-order valence-electron chi connectivity index (χ1n) is 8.30. The Balaban J connectivity index is 1.86. The molecule has 1 heterocycles. The van der Waals surface area contributed by atoms with Crippen LogP contribution in [0.25, 0.3) is 0 Å². The van der Waals surface area contributed by atoms with E-state index < -0.39 is 5.91 Å². The molecule has 0 spiro atoms. The maximum absolute atomic E-state index is 11.7. The third-order valence-corrected chi connectivity index (χ3v) is 4.14. The largest absolute Gasteiger partial charge is 0.364 e. The average Bonchev–Trinajstić information content (AvgIpc) is 3.41. The fourth-order valence-electron chi connectivity index (χ4n) is 2.75. The molecule has 1 aliphatic rings. The second-order valence-corrected chi connectivity index (χ2v) is 6.18. The van der Waals surface area contributed by atoms with Crippen LogP contribution in [0.1, 0.15) is 46.2 Å². The van der Waals surface area contributed by atoms with Crippen LogP contribution in [-0.4, -0.2) is 28.8 Å². The smallest absolute Gasteiger partial charge is 0.271 e. The number of anilines is 2. The Kier molecular flexibility index (Phi) is 4.92. The minimum Gasteiger partial charge on any atom is -0.364 e. The standard InChI is InChI=1S/C18H21N5O2/c1-11-15(13-5-6-13)23-18(16(21-11)17(19)25)22-14-4-2-3-12(9-14)7-8-20-10-24/h2-4,9-10,13H,5-8H2,1H3,(H2,19,25)(H,20,24)(H,22,23). The van der Waals surface area contributed by atoms with E-state index in [-0.39, 0.29) is 5.69 Å². The lowest BCUT2D eigenvalue weighted by Crippen LogP contribution is -2.18. The first kappa shape index (κ1) is 16.9. The summed E-state index contributed by atoms with van der Waals surface area (Å²) >= 11 is 0. The van der Waals surface area contributed by atoms with Crippen molar-refractivity contribution in [2.45, 2.75) is 32.1 Å². The monoisotopic (exact) mass is 339 g/mol. The molecular formula is C18H21N5O2. The predicted octanol–water partition coefficient (Wildman–Crippen LogP) is 1.79. The fraction of sp³-hybridized carbons (Fsp3) is 0.333. The highest BCUT2D eigenvalue weighted by molar-refractivity contribution is 5.96. The van der Waals surface area contributed by atoms with Crippen molar-refractivity contribution in [1.82, 2.24) is 15.3 Å². The number of nitrogens with one attached hydrogen (secondary N) is 2. The highest BCUT2D eigenvalue weighted by Crippen LogP contribution is 2.40. The van der Waals surface area contributed by atoms with Crippen LogP contribution >= 0.6 is 0 Å². The second-order valence-electron chi connectivity index (χ2n) is 6.18. The number of aryl methyl sites for hydroxylation is 1. The molecule has 2 aromatic rings. The minimum absolute atomic E-state index is 0.148. The van der Waals surface area contributed by atoms with Crippen LogP contribution in [-0.2, 0) is 11.2 Å². The van der Waals surface area contributed by atoms with Crippen LogP contribution in [0, 0.1) is 6.92 Å². The molecule has 0 atom stereocenters. The molecule has 25 heavy (non-hydrogen) atoms. The van der Waals surface area contributed by atoms with E-state index >= 15 is 0 Å². The molecule has 1 aliphatic carbocycles. The molecule has 1 aromatic heterocycles. The summed E-state index contributed by atoms with van der Waals surface area (Å²) in [5.41, 5.74) is 9.16. The summed E-state index contributed by atoms with van der Waals surface area (Å²) in [7, 11) is 0. The number of amides is 2. The van der Waals surface area contributed by atoms with E-state index in [4.69, 9.17) is 5.73 Å². The molecule has 3 rings (SSSR count). The number of nitrogens with zero attached hydrogens (tertiary/aromatic N) is 2. The number of hydrogen-bond acceptors (Lipinski definition) is 5. The lowest BCUT2D eigenvalue weighted by atomic mass is 10.1. The molecule has 0 saturated heterocycles. The summed E-state index contributed by atoms with van der Waals surface area (Å²) < 4.78 is 0. The minimum atomic E-state index is -0.605. The first-order chi connectivity index (χ1) is 12.1. The topological polar surface area (TPSA) is 110 Å². The first-order valence-corrected chi connectivity index (χ1v) is 8.30. The van der Waals surface area contributed by atoms with Gasteiger partial charge in [-0.25, -0.2) is 9.97 Å². The van der Waals surface area contributed by atoms with Gasteiger partial charge in [0.05, 0.1) is 11.4 Å². The molecule has 7 heteroatoms. The number of carbonyl (C=O) groups excluding carboxylic acids is 2. The summed E-state index contributed by atoms with van der Waals surface area (Å²) in [6.45, 7) is 2.42. The molecule has 130 valence electrons. The van der Waals surface area contributed by atoms with E-state index in [9.17, 15) is 9.59 Å². The van der Waals surface area contributed by atoms with Gasteiger partial charge in [0.15, 0.2) is 11.5 Å². The van der Waals surface area contributed by atoms with Gasteiger partial charge in [0.2, 0.25) is 6.41 Å². The third-order valence-electron chi connectivity index (χ3n) is 4.14. The molecule has 1 saturated carbocycles. The average molecular weight is 339 g/mol. The Bertz CT molecular complexity index is 802. The molecule has 4 N–H and O–H groups in total. The van der Waals surface area contributed by atoms with Crippen molar-refractivity contribution >= 4 is 23.8 Å². The maximum atomic E-state index is 11.7. The number of aromatic nitrogens is 2. The van der Waals surface area contributed by atoms with Gasteiger partial charge in [-0.05, 0) is 43.9 Å². The molecule has 2 amide bonds. The molecule has 0 unspecified atom stereocenters. The van der Waals surface area contributed by atoms with Crippen molar-refractivity contribution in [3.63, 3.8) is 0 Å². The molecule has 0 radical (unpaired) electrons. The van der Waals surface area contributed by atoms with Gasteiger partial charge in [-0.1, -0.05) is 12.1 Å². The van der Waals surface area contributed by atoms with Crippen LogP contribution in [0.3, 0.4) is 0 Å². The molecule has 1 aromatic carbocycles. The van der Waals surface area contributed by atoms with Crippen molar-refractivity contribution in [1.29, 1.82) is 0 Å². The van der Waals surface area contributed by atoms with Crippen LogP contribution < -0.4 is 16.4 Å². The quantitative estimate of drug-likeness (QED) is 0.502. The highest BCUT2D eigenvalue weighted by Gasteiger charge is 2.29. The predicted molar refractivity (Wildman–Crippen MR) is 94.8 cm³/mol. The Hall–Kier alpha value is -2.96. The van der Waals surface area contributed by atoms with Gasteiger partial charge in [0.1, 0.15) is 0 Å². The van der Waals surface area contributed by atoms with Crippen molar-refractivity contribution in [2.24, 2.45) is 5.73 Å². The third kappa shape index (κ3) is 4.12. The van der Waals surface area contributed by atoms with E-state index in [1.165, 1.54) is 0 Å². The number of rotatable bonds is 8. The SMILES string of the molecule is Cc1nc(C(N)=O)c(Nc2cccc(CCNC=O)c2)nc1C1CC1. The van der Waals surface area contributed by atoms with Crippen molar-refractivity contribution in [3.05, 3.63) is 46.9 Å². The zero-order chi connectivity index (χ0) is 17.8. The van der Waals surface area contributed by atoms with E-state index in [1.54, 1.807) is 0 Å². The lowest BCUT2D eigenvalue weighted by molar-refractivity contribution is -0.109. The normalized spacial score (nSPS) is 13.3. The van der Waals surface area contributed by atoms with Crippen LogP contribution in [0.2, 0.25) is 0 Å². The van der Waals surface area contributed by atoms with E-state index in [1.807, 2.05) is 31.2 Å². The van der Waals surface area contributed by atoms with E-state index in [0.29, 0.717) is 31.1 Å². The lowest BCUT2D eigenvalue weighted by Gasteiger charge is -2.13. The van der Waals surface area contributed by atoms with Crippen LogP contribution in [0.15, 0.2) is 24.3 Å². The van der Waals surface area contributed by atoms with Crippen LogP contribution in [0.5, 0.6) is 0 Å². The molecule has 1 fully saturated rings. The Labute approximate surface area is 146 Å². The highest BCUT2D eigenvalue weighted by atomic mass is 16.1. The Morgan fingerprint density at radius 2 is 2.16 bits per heavy atom. The summed E-state index contributed by atoms with van der Waals surface area (Å²) in [6.07, 6.45) is 3.60. The maximum Gasteiger partial charge on any atom is 0.271 e. The molecule has 7 nitrogen and oxygen atoms in total. The summed E-state index contributed by atoms with van der Waals surface area (Å²) in [4.78, 5) is 31.1. The van der Waals surface area contributed by atoms with E-state index in [0.717, 1.165) is 35.5 Å². The van der Waals surface area contributed by atoms with Gasteiger partial charge >= 0.3 is 0 Å². The number of hydrogen-bond donors (Lipinski definition) is 3. The van der Waals surface area contributed by atoms with Gasteiger partial charge in [0, 0.05) is 18.2 Å². The Morgan fingerprint density at radius 1 is 1.36 bits per heavy atom. The molecule has 0 aliphatic heterocycles. The summed E-state index contributed by atoms with van der Waals surface area (Å²) in [5.74, 6) is 0.214. The van der Waals surface area contributed by atoms with Gasteiger partial charge in [0.25, 0.3) is 5.91 Å². The second kappa shape index (κ2) is 7.29. The Morgan fingerprint density at radius 3 is 2.84 bits per heavy atom. The number of benzene rings is 1. The van der Waals surface area contributed by atoms with Gasteiger partial charge in [-0.3, -0.25) is 9.59 Å². The van der Waals surface area contributed by atoms with E-state index in [2.05, 4.69) is 20.6 Å². The van der Waals surface area contributed by atoms with Crippen molar-refractivity contribution < 1.29 is 9.59 Å². The number of nitrogens with two attached hydrogens (primary N) is 1. The molecular weight excluding hydrogens is 318 g/mol. The number of carbonyl (C=O) groups is 2. The van der Waals surface area contributed by atoms with Gasteiger partial charge in [-0.2, -0.15) is 0 Å². The summed E-state index contributed by atoms with van der Waals surface area (Å²) in [6, 6.07) is 7.73. The fourth-order valence-corrected chi connectivity index (χ4v) is 2.75. The summed E-state index contributed by atoms with van der Waals surface area (Å²) in [5, 5.41) is 5.81. The van der Waals surface area contributed by atoms with Crippen LogP contribution in [0.4, 0.5) is 11.5 Å². The zero-order valence-corrected chi connectivity index (χ0v) is 14.1. The van der Waals surface area contributed by atoms with Gasteiger partial charge < -0.3 is 16.4 Å². The number of primary amides is 1.